The Labute approximate surface area is 145 Å². The zero-order valence-corrected chi connectivity index (χ0v) is 14.9. The Morgan fingerprint density at radius 2 is 2.00 bits per heavy atom. The van der Waals surface area contributed by atoms with E-state index < -0.39 is 0 Å². The molecule has 0 fully saturated rings. The summed E-state index contributed by atoms with van der Waals surface area (Å²) in [5.74, 6) is 0.221. The summed E-state index contributed by atoms with van der Waals surface area (Å²) < 4.78 is 1.08. The number of amides is 1. The van der Waals surface area contributed by atoms with Crippen LogP contribution in [0, 0.1) is 6.92 Å². The summed E-state index contributed by atoms with van der Waals surface area (Å²) >= 11 is 3.53. The van der Waals surface area contributed by atoms with Gasteiger partial charge in [0.1, 0.15) is 0 Å². The average Bonchev–Trinajstić information content (AvgIpc) is 2.57. The molecule has 1 heterocycles. The summed E-state index contributed by atoms with van der Waals surface area (Å²) in [5.41, 5.74) is 4.90. The van der Waals surface area contributed by atoms with E-state index in [4.69, 9.17) is 0 Å². The van der Waals surface area contributed by atoms with Gasteiger partial charge in [-0.2, -0.15) is 0 Å². The topological polar surface area (TPSA) is 32.3 Å². The monoisotopic (exact) mass is 372 g/mol. The molecule has 2 aromatic rings. The fourth-order valence-corrected chi connectivity index (χ4v) is 3.26. The van der Waals surface area contributed by atoms with Crippen molar-refractivity contribution in [2.75, 3.05) is 18.4 Å². The molecule has 0 unspecified atom stereocenters. The Bertz CT molecular complexity index is 714. The molecule has 1 amide bonds. The van der Waals surface area contributed by atoms with Crippen molar-refractivity contribution < 1.29 is 4.79 Å². The van der Waals surface area contributed by atoms with E-state index in [0.29, 0.717) is 13.0 Å². The van der Waals surface area contributed by atoms with Crippen LogP contribution in [0.4, 0.5) is 5.69 Å². The van der Waals surface area contributed by atoms with Crippen LogP contribution in [0.15, 0.2) is 46.9 Å². The lowest BCUT2D eigenvalue weighted by Gasteiger charge is -2.29. The molecule has 0 atom stereocenters. The molecule has 1 N–H and O–H groups in total. The van der Waals surface area contributed by atoms with Crippen LogP contribution in [0.25, 0.3) is 0 Å². The van der Waals surface area contributed by atoms with E-state index in [1.807, 2.05) is 17.0 Å². The predicted octanol–water partition coefficient (Wildman–Crippen LogP) is 4.14. The molecule has 0 spiro atoms. The smallest absolute Gasteiger partial charge is 0.224 e. The first kappa shape index (κ1) is 16.1. The maximum atomic E-state index is 12.4. The van der Waals surface area contributed by atoms with Crippen LogP contribution >= 0.6 is 15.9 Å². The Morgan fingerprint density at radius 1 is 1.22 bits per heavy atom. The highest BCUT2D eigenvalue weighted by molar-refractivity contribution is 9.10. The molecular weight excluding hydrogens is 352 g/mol. The van der Waals surface area contributed by atoms with Crippen LogP contribution in [0.3, 0.4) is 0 Å². The molecule has 3 nitrogen and oxygen atoms in total. The van der Waals surface area contributed by atoms with Gasteiger partial charge in [-0.15, -0.1) is 0 Å². The van der Waals surface area contributed by atoms with Gasteiger partial charge in [0.2, 0.25) is 5.91 Å². The Morgan fingerprint density at radius 3 is 2.78 bits per heavy atom. The minimum absolute atomic E-state index is 0.221. The van der Waals surface area contributed by atoms with Crippen molar-refractivity contribution in [3.05, 3.63) is 63.6 Å². The highest BCUT2D eigenvalue weighted by Gasteiger charge is 2.19. The normalized spacial score (nSPS) is 13.6. The molecule has 4 heteroatoms. The molecule has 3 rings (SSSR count). The number of hydrogen-bond donors (Lipinski definition) is 1. The van der Waals surface area contributed by atoms with Crippen LogP contribution in [-0.2, 0) is 17.8 Å². The van der Waals surface area contributed by atoms with Gasteiger partial charge in [-0.25, -0.2) is 0 Å². The molecule has 0 aliphatic carbocycles. The first-order chi connectivity index (χ1) is 11.1. The quantitative estimate of drug-likeness (QED) is 0.874. The SMILES string of the molecule is Cc1ccc(NCCC(=O)N2CCc3ccccc3C2)cc1Br. The van der Waals surface area contributed by atoms with Crippen molar-refractivity contribution >= 4 is 27.5 Å². The van der Waals surface area contributed by atoms with Gasteiger partial charge >= 0.3 is 0 Å². The number of benzene rings is 2. The number of hydrogen-bond acceptors (Lipinski definition) is 2. The van der Waals surface area contributed by atoms with Crippen molar-refractivity contribution in [1.29, 1.82) is 0 Å². The zero-order valence-electron chi connectivity index (χ0n) is 13.3. The van der Waals surface area contributed by atoms with Gasteiger partial charge < -0.3 is 10.2 Å². The molecule has 23 heavy (non-hydrogen) atoms. The van der Waals surface area contributed by atoms with Crippen molar-refractivity contribution in [2.45, 2.75) is 26.3 Å². The summed E-state index contributed by atoms with van der Waals surface area (Å²) in [7, 11) is 0. The van der Waals surface area contributed by atoms with Gasteiger partial charge in [-0.3, -0.25) is 4.79 Å². The van der Waals surface area contributed by atoms with Crippen LogP contribution in [0.5, 0.6) is 0 Å². The van der Waals surface area contributed by atoms with Crippen molar-refractivity contribution in [3.8, 4) is 0 Å². The first-order valence-electron chi connectivity index (χ1n) is 7.98. The fraction of sp³-hybridized carbons (Fsp3) is 0.316. The largest absolute Gasteiger partial charge is 0.384 e. The second-order valence-corrected chi connectivity index (χ2v) is 6.83. The molecule has 0 radical (unpaired) electrons. The maximum Gasteiger partial charge on any atom is 0.224 e. The summed E-state index contributed by atoms with van der Waals surface area (Å²) in [6, 6.07) is 14.6. The second-order valence-electron chi connectivity index (χ2n) is 5.97. The van der Waals surface area contributed by atoms with E-state index in [9.17, 15) is 4.79 Å². The van der Waals surface area contributed by atoms with E-state index >= 15 is 0 Å². The second kappa shape index (κ2) is 7.18. The maximum absolute atomic E-state index is 12.4. The molecule has 1 aliphatic heterocycles. The van der Waals surface area contributed by atoms with Crippen molar-refractivity contribution in [2.24, 2.45) is 0 Å². The van der Waals surface area contributed by atoms with E-state index in [1.54, 1.807) is 0 Å². The molecule has 2 aromatic carbocycles. The molecule has 1 aliphatic rings. The Hall–Kier alpha value is -1.81. The standard InChI is InChI=1S/C19H21BrN2O/c1-14-6-7-17(12-18(14)20)21-10-8-19(23)22-11-9-15-4-2-3-5-16(15)13-22/h2-7,12,21H,8-11,13H2,1H3. The Kier molecular flexibility index (Phi) is 5.01. The molecular formula is C19H21BrN2O. The summed E-state index contributed by atoms with van der Waals surface area (Å²) in [4.78, 5) is 14.4. The van der Waals surface area contributed by atoms with E-state index in [2.05, 4.69) is 58.5 Å². The minimum atomic E-state index is 0.221. The number of carbonyl (C=O) groups is 1. The minimum Gasteiger partial charge on any atom is -0.384 e. The number of anilines is 1. The average molecular weight is 373 g/mol. The number of nitrogens with one attached hydrogen (secondary N) is 1. The van der Waals surface area contributed by atoms with Crippen LogP contribution < -0.4 is 5.32 Å². The molecule has 0 saturated carbocycles. The summed E-state index contributed by atoms with van der Waals surface area (Å²) in [6.45, 7) is 4.29. The van der Waals surface area contributed by atoms with E-state index in [1.165, 1.54) is 16.7 Å². The third-order valence-electron chi connectivity index (χ3n) is 4.32. The van der Waals surface area contributed by atoms with E-state index in [0.717, 1.165) is 29.7 Å². The lowest BCUT2D eigenvalue weighted by Crippen LogP contribution is -2.36. The number of halogens is 1. The number of carbonyl (C=O) groups excluding carboxylic acids is 1. The number of nitrogens with zero attached hydrogens (tertiary/aromatic N) is 1. The van der Waals surface area contributed by atoms with Gasteiger partial charge in [-0.1, -0.05) is 46.3 Å². The number of rotatable bonds is 4. The Balaban J connectivity index is 1.51. The third-order valence-corrected chi connectivity index (χ3v) is 5.18. The first-order valence-corrected chi connectivity index (χ1v) is 8.77. The number of aryl methyl sites for hydroxylation is 1. The van der Waals surface area contributed by atoms with Gasteiger partial charge in [0.25, 0.3) is 0 Å². The summed E-state index contributed by atoms with van der Waals surface area (Å²) in [6.07, 6.45) is 1.48. The van der Waals surface area contributed by atoms with Crippen molar-refractivity contribution in [1.82, 2.24) is 4.90 Å². The van der Waals surface area contributed by atoms with Crippen LogP contribution in [0.2, 0.25) is 0 Å². The molecule has 0 aromatic heterocycles. The predicted molar refractivity (Wildman–Crippen MR) is 97.5 cm³/mol. The van der Waals surface area contributed by atoms with E-state index in [-0.39, 0.29) is 5.91 Å². The van der Waals surface area contributed by atoms with Crippen LogP contribution in [0.1, 0.15) is 23.1 Å². The molecule has 120 valence electrons. The molecule has 0 bridgehead atoms. The summed E-state index contributed by atoms with van der Waals surface area (Å²) in [5, 5.41) is 3.32. The zero-order chi connectivity index (χ0) is 16.2. The van der Waals surface area contributed by atoms with Gasteiger partial charge in [0.15, 0.2) is 0 Å². The van der Waals surface area contributed by atoms with Crippen molar-refractivity contribution in [3.63, 3.8) is 0 Å². The van der Waals surface area contributed by atoms with Crippen LogP contribution in [-0.4, -0.2) is 23.9 Å². The van der Waals surface area contributed by atoms with Gasteiger partial charge in [-0.05, 0) is 42.2 Å². The van der Waals surface area contributed by atoms with Gasteiger partial charge in [0, 0.05) is 36.2 Å². The third kappa shape index (κ3) is 3.94. The fourth-order valence-electron chi connectivity index (χ4n) is 2.88. The highest BCUT2D eigenvalue weighted by Crippen LogP contribution is 2.21. The lowest BCUT2D eigenvalue weighted by molar-refractivity contribution is -0.131. The number of fused-ring (bicyclic) bond motifs is 1. The molecule has 0 saturated heterocycles. The highest BCUT2D eigenvalue weighted by atomic mass is 79.9. The van der Waals surface area contributed by atoms with Gasteiger partial charge in [0.05, 0.1) is 0 Å². The lowest BCUT2D eigenvalue weighted by atomic mass is 10.00.